The second-order valence-electron chi connectivity index (χ2n) is 8.24. The van der Waals surface area contributed by atoms with Crippen molar-refractivity contribution in [1.29, 1.82) is 0 Å². The molecule has 1 aromatic heterocycles. The van der Waals surface area contributed by atoms with E-state index in [-0.39, 0.29) is 11.3 Å². The lowest BCUT2D eigenvalue weighted by molar-refractivity contribution is 0.0278. The lowest BCUT2D eigenvalue weighted by atomic mass is 10.1. The van der Waals surface area contributed by atoms with E-state index in [1.807, 2.05) is 32.9 Å². The highest BCUT2D eigenvalue weighted by molar-refractivity contribution is 6.35. The first kappa shape index (κ1) is 23.6. The quantitative estimate of drug-likeness (QED) is 0.455. The Morgan fingerprint density at radius 1 is 1.16 bits per heavy atom. The zero-order valence-electron chi connectivity index (χ0n) is 18.7. The summed E-state index contributed by atoms with van der Waals surface area (Å²) in [6.45, 7) is 6.14. The van der Waals surface area contributed by atoms with Gasteiger partial charge in [-0.3, -0.25) is 0 Å². The molecule has 0 fully saturated rings. The van der Waals surface area contributed by atoms with Crippen LogP contribution in [-0.4, -0.2) is 48.9 Å². The van der Waals surface area contributed by atoms with Gasteiger partial charge < -0.3 is 19.1 Å². The topological polar surface area (TPSA) is 60.9 Å². The highest BCUT2D eigenvalue weighted by Gasteiger charge is 2.19. The number of halogens is 2. The summed E-state index contributed by atoms with van der Waals surface area (Å²) in [6.07, 6.45) is -0.403. The molecule has 0 saturated heterocycles. The van der Waals surface area contributed by atoms with Crippen LogP contribution < -0.4 is 9.47 Å². The maximum atomic E-state index is 14.7. The van der Waals surface area contributed by atoms with Crippen LogP contribution in [0.4, 0.5) is 9.18 Å². The van der Waals surface area contributed by atoms with E-state index in [1.165, 1.54) is 18.1 Å². The Morgan fingerprint density at radius 3 is 2.47 bits per heavy atom. The van der Waals surface area contributed by atoms with Crippen molar-refractivity contribution in [2.24, 2.45) is 0 Å². The molecule has 6 nitrogen and oxygen atoms in total. The van der Waals surface area contributed by atoms with Crippen LogP contribution in [0.2, 0.25) is 5.02 Å². The van der Waals surface area contributed by atoms with Crippen LogP contribution in [0.1, 0.15) is 20.8 Å². The fourth-order valence-electron chi connectivity index (χ4n) is 2.96. The third-order valence-electron chi connectivity index (χ3n) is 4.60. The van der Waals surface area contributed by atoms with Gasteiger partial charge in [0.05, 0.1) is 24.4 Å². The van der Waals surface area contributed by atoms with Gasteiger partial charge in [-0.2, -0.15) is 0 Å². The summed E-state index contributed by atoms with van der Waals surface area (Å²) in [5, 5.41) is 0.917. The number of benzene rings is 2. The van der Waals surface area contributed by atoms with Crippen molar-refractivity contribution in [3.63, 3.8) is 0 Å². The molecule has 2 aromatic carbocycles. The maximum Gasteiger partial charge on any atom is 0.410 e. The standard InChI is InChI=1S/C24H26ClFN2O4/c1-24(2,3)32-23(29)28(4)12-13-31-16-8-6-15(7-9-16)19-14-18(25)17-10-11-20(30-5)21(26)22(17)27-19/h6-11,14H,12-13H2,1-5H3. The maximum absolute atomic E-state index is 14.7. The van der Waals surface area contributed by atoms with E-state index in [4.69, 9.17) is 25.8 Å². The Morgan fingerprint density at radius 2 is 1.84 bits per heavy atom. The van der Waals surface area contributed by atoms with Gasteiger partial charge in [-0.1, -0.05) is 11.6 Å². The Balaban J connectivity index is 1.69. The predicted octanol–water partition coefficient (Wildman–Crippen LogP) is 5.95. The van der Waals surface area contributed by atoms with Crippen molar-refractivity contribution in [2.45, 2.75) is 26.4 Å². The number of rotatable bonds is 6. The summed E-state index contributed by atoms with van der Waals surface area (Å²) < 4.78 is 30.7. The molecule has 0 radical (unpaired) electrons. The Labute approximate surface area is 191 Å². The van der Waals surface area contributed by atoms with Gasteiger partial charge in [0.1, 0.15) is 23.5 Å². The van der Waals surface area contributed by atoms with Crippen molar-refractivity contribution in [3.05, 3.63) is 53.3 Å². The molecule has 0 saturated carbocycles. The number of aromatic nitrogens is 1. The monoisotopic (exact) mass is 460 g/mol. The zero-order chi connectivity index (χ0) is 23.5. The van der Waals surface area contributed by atoms with E-state index in [0.29, 0.717) is 35.0 Å². The molecule has 1 heterocycles. The Bertz CT molecular complexity index is 1110. The molecule has 8 heteroatoms. The average Bonchev–Trinajstić information content (AvgIpc) is 2.73. The molecule has 0 unspecified atom stereocenters. The lowest BCUT2D eigenvalue weighted by Crippen LogP contribution is -2.36. The van der Waals surface area contributed by atoms with Gasteiger partial charge >= 0.3 is 6.09 Å². The number of nitrogens with zero attached hydrogens (tertiary/aromatic N) is 2. The molecule has 0 atom stereocenters. The van der Waals surface area contributed by atoms with E-state index in [2.05, 4.69) is 4.98 Å². The fraction of sp³-hybridized carbons (Fsp3) is 0.333. The van der Waals surface area contributed by atoms with E-state index < -0.39 is 17.5 Å². The lowest BCUT2D eigenvalue weighted by Gasteiger charge is -2.24. The second kappa shape index (κ2) is 9.61. The number of pyridine rings is 1. The number of hydrogen-bond acceptors (Lipinski definition) is 5. The van der Waals surface area contributed by atoms with Crippen molar-refractivity contribution in [2.75, 3.05) is 27.3 Å². The highest BCUT2D eigenvalue weighted by Crippen LogP contribution is 2.33. The largest absolute Gasteiger partial charge is 0.494 e. The van der Waals surface area contributed by atoms with Gasteiger partial charge in [0, 0.05) is 18.0 Å². The van der Waals surface area contributed by atoms with Gasteiger partial charge in [0.25, 0.3) is 0 Å². The van der Waals surface area contributed by atoms with Crippen LogP contribution >= 0.6 is 11.6 Å². The second-order valence-corrected chi connectivity index (χ2v) is 8.65. The minimum atomic E-state index is -0.553. The number of methoxy groups -OCH3 is 1. The number of ether oxygens (including phenoxy) is 3. The Hall–Kier alpha value is -3.06. The SMILES string of the molecule is COc1ccc2c(Cl)cc(-c3ccc(OCCN(C)C(=O)OC(C)(C)C)cc3)nc2c1F. The summed E-state index contributed by atoms with van der Waals surface area (Å²) in [7, 11) is 3.06. The molecular weight excluding hydrogens is 435 g/mol. The Kier molecular flexibility index (Phi) is 7.09. The summed E-state index contributed by atoms with van der Waals surface area (Å²) >= 11 is 6.36. The number of carbonyl (C=O) groups is 1. The smallest absolute Gasteiger partial charge is 0.410 e. The number of fused-ring (bicyclic) bond motifs is 1. The normalized spacial score (nSPS) is 11.3. The van der Waals surface area contributed by atoms with E-state index in [9.17, 15) is 9.18 Å². The molecule has 3 aromatic rings. The van der Waals surface area contributed by atoms with Crippen molar-refractivity contribution < 1.29 is 23.4 Å². The zero-order valence-corrected chi connectivity index (χ0v) is 19.5. The van der Waals surface area contributed by atoms with E-state index >= 15 is 0 Å². The van der Waals surface area contributed by atoms with Gasteiger partial charge in [-0.25, -0.2) is 14.2 Å². The number of hydrogen-bond donors (Lipinski definition) is 0. The van der Waals surface area contributed by atoms with Gasteiger partial charge in [-0.05, 0) is 63.2 Å². The minimum Gasteiger partial charge on any atom is -0.494 e. The third kappa shape index (κ3) is 5.59. The molecule has 0 aliphatic heterocycles. The molecule has 0 aliphatic carbocycles. The van der Waals surface area contributed by atoms with E-state index in [0.717, 1.165) is 5.56 Å². The molecule has 1 amide bonds. The third-order valence-corrected chi connectivity index (χ3v) is 4.92. The average molecular weight is 461 g/mol. The molecule has 32 heavy (non-hydrogen) atoms. The van der Waals surface area contributed by atoms with Crippen LogP contribution in [0.15, 0.2) is 42.5 Å². The van der Waals surface area contributed by atoms with Crippen LogP contribution in [-0.2, 0) is 4.74 Å². The molecule has 0 aliphatic rings. The number of likely N-dealkylation sites (N-methyl/N-ethyl adjacent to an activating group) is 1. The summed E-state index contributed by atoms with van der Waals surface area (Å²) in [6, 6.07) is 12.1. The van der Waals surface area contributed by atoms with Crippen molar-refractivity contribution in [1.82, 2.24) is 9.88 Å². The molecule has 0 spiro atoms. The highest BCUT2D eigenvalue weighted by atomic mass is 35.5. The first-order valence-electron chi connectivity index (χ1n) is 10.1. The van der Waals surface area contributed by atoms with Crippen LogP contribution in [0, 0.1) is 5.82 Å². The molecule has 0 N–H and O–H groups in total. The molecular formula is C24H26ClFN2O4. The van der Waals surface area contributed by atoms with Gasteiger partial charge in [0.2, 0.25) is 0 Å². The van der Waals surface area contributed by atoms with Gasteiger partial charge in [0.15, 0.2) is 11.6 Å². The molecule has 170 valence electrons. The van der Waals surface area contributed by atoms with Crippen LogP contribution in [0.3, 0.4) is 0 Å². The van der Waals surface area contributed by atoms with Gasteiger partial charge in [-0.15, -0.1) is 0 Å². The molecule has 0 bridgehead atoms. The fourth-order valence-corrected chi connectivity index (χ4v) is 3.21. The van der Waals surface area contributed by atoms with Crippen molar-refractivity contribution >= 4 is 28.6 Å². The van der Waals surface area contributed by atoms with Crippen LogP contribution in [0.5, 0.6) is 11.5 Å². The van der Waals surface area contributed by atoms with Crippen molar-refractivity contribution in [3.8, 4) is 22.8 Å². The summed E-state index contributed by atoms with van der Waals surface area (Å²) in [5.74, 6) is 0.187. The number of amides is 1. The summed E-state index contributed by atoms with van der Waals surface area (Å²) in [4.78, 5) is 17.9. The predicted molar refractivity (Wildman–Crippen MR) is 123 cm³/mol. The minimum absolute atomic E-state index is 0.110. The number of carbonyl (C=O) groups excluding carboxylic acids is 1. The first-order chi connectivity index (χ1) is 15.1. The van der Waals surface area contributed by atoms with E-state index in [1.54, 1.807) is 31.3 Å². The van der Waals surface area contributed by atoms with Crippen LogP contribution in [0.25, 0.3) is 22.2 Å². The molecule has 3 rings (SSSR count). The first-order valence-corrected chi connectivity index (χ1v) is 10.5. The summed E-state index contributed by atoms with van der Waals surface area (Å²) in [5.41, 5.74) is 0.896.